The lowest BCUT2D eigenvalue weighted by molar-refractivity contribution is 0.142. The number of urea groups is 1. The summed E-state index contributed by atoms with van der Waals surface area (Å²) in [6.45, 7) is 3.06. The van der Waals surface area contributed by atoms with Crippen LogP contribution in [0.15, 0.2) is 0 Å². The van der Waals surface area contributed by atoms with Crippen LogP contribution in [0.25, 0.3) is 0 Å². The van der Waals surface area contributed by atoms with Gasteiger partial charge in [0.1, 0.15) is 0 Å². The highest BCUT2D eigenvalue weighted by atomic mass is 16.5. The van der Waals surface area contributed by atoms with Crippen LogP contribution in [0.4, 0.5) is 4.79 Å². The fraction of sp³-hybridized carbons (Fsp3) is 0.923. The predicted octanol–water partition coefficient (Wildman–Crippen LogP) is 1.61. The third-order valence-corrected chi connectivity index (χ3v) is 4.41. The maximum atomic E-state index is 12.0. The van der Waals surface area contributed by atoms with Crippen molar-refractivity contribution in [2.45, 2.75) is 38.1 Å². The van der Waals surface area contributed by atoms with Gasteiger partial charge in [-0.2, -0.15) is 0 Å². The van der Waals surface area contributed by atoms with Crippen molar-refractivity contribution >= 4 is 6.03 Å². The molecule has 3 rings (SSSR count). The normalized spacial score (nSPS) is 33.8. The summed E-state index contributed by atoms with van der Waals surface area (Å²) in [5, 5.41) is 3.18. The quantitative estimate of drug-likeness (QED) is 0.794. The van der Waals surface area contributed by atoms with E-state index in [4.69, 9.17) is 4.74 Å². The van der Waals surface area contributed by atoms with E-state index in [1.54, 1.807) is 0 Å². The highest BCUT2D eigenvalue weighted by Gasteiger charge is 2.45. The average Bonchev–Trinajstić information content (AvgIpc) is 2.99. The topological polar surface area (TPSA) is 41.6 Å². The van der Waals surface area contributed by atoms with E-state index in [9.17, 15) is 4.79 Å². The molecule has 4 nitrogen and oxygen atoms in total. The molecule has 0 aromatic carbocycles. The van der Waals surface area contributed by atoms with Crippen molar-refractivity contribution in [3.8, 4) is 0 Å². The van der Waals surface area contributed by atoms with Crippen molar-refractivity contribution in [1.82, 2.24) is 10.2 Å². The Labute approximate surface area is 103 Å². The van der Waals surface area contributed by atoms with Gasteiger partial charge in [0.2, 0.25) is 0 Å². The zero-order valence-electron chi connectivity index (χ0n) is 10.4. The highest BCUT2D eigenvalue weighted by Crippen LogP contribution is 2.47. The van der Waals surface area contributed by atoms with Crippen LogP contribution >= 0.6 is 0 Å². The van der Waals surface area contributed by atoms with E-state index in [0.29, 0.717) is 12.6 Å². The number of hydrogen-bond donors (Lipinski definition) is 1. The number of nitrogens with zero attached hydrogens (tertiary/aromatic N) is 1. The Kier molecular flexibility index (Phi) is 3.23. The first-order valence-electron chi connectivity index (χ1n) is 6.98. The van der Waals surface area contributed by atoms with Crippen LogP contribution in [-0.2, 0) is 4.74 Å². The van der Waals surface area contributed by atoms with Crippen molar-refractivity contribution < 1.29 is 9.53 Å². The molecule has 2 aliphatic carbocycles. The van der Waals surface area contributed by atoms with E-state index in [1.165, 1.54) is 25.7 Å². The van der Waals surface area contributed by atoms with Crippen LogP contribution in [0.1, 0.15) is 32.1 Å². The van der Waals surface area contributed by atoms with Crippen LogP contribution in [0.2, 0.25) is 0 Å². The molecule has 17 heavy (non-hydrogen) atoms. The monoisotopic (exact) mass is 238 g/mol. The predicted molar refractivity (Wildman–Crippen MR) is 64.8 cm³/mol. The number of hydrogen-bond acceptors (Lipinski definition) is 2. The van der Waals surface area contributed by atoms with E-state index < -0.39 is 0 Å². The Bertz CT molecular complexity index is 283. The summed E-state index contributed by atoms with van der Waals surface area (Å²) in [5.41, 5.74) is 0. The van der Waals surface area contributed by atoms with E-state index in [0.717, 1.165) is 38.0 Å². The first-order chi connectivity index (χ1) is 8.34. The number of carbonyl (C=O) groups excluding carboxylic acids is 1. The smallest absolute Gasteiger partial charge is 0.317 e. The minimum atomic E-state index is 0.127. The van der Waals surface area contributed by atoms with Crippen molar-refractivity contribution in [3.63, 3.8) is 0 Å². The molecule has 1 aliphatic heterocycles. The van der Waals surface area contributed by atoms with Crippen LogP contribution in [0, 0.1) is 11.8 Å². The maximum absolute atomic E-state index is 12.0. The van der Waals surface area contributed by atoms with Gasteiger partial charge in [0, 0.05) is 25.7 Å². The highest BCUT2D eigenvalue weighted by molar-refractivity contribution is 5.75. The van der Waals surface area contributed by atoms with Gasteiger partial charge in [0.15, 0.2) is 0 Å². The third kappa shape index (κ3) is 2.57. The van der Waals surface area contributed by atoms with E-state index in [2.05, 4.69) is 5.32 Å². The van der Waals surface area contributed by atoms with Gasteiger partial charge in [0.25, 0.3) is 0 Å². The molecular weight excluding hydrogens is 216 g/mol. The average molecular weight is 238 g/mol. The molecule has 3 fully saturated rings. The summed E-state index contributed by atoms with van der Waals surface area (Å²) >= 11 is 0. The largest absolute Gasteiger partial charge is 0.380 e. The second-order valence-electron chi connectivity index (χ2n) is 5.60. The Morgan fingerprint density at radius 1 is 1.18 bits per heavy atom. The van der Waals surface area contributed by atoms with E-state index in [-0.39, 0.29) is 6.03 Å². The number of carbonyl (C=O) groups is 1. The molecule has 0 radical (unpaired) electrons. The number of nitrogens with one attached hydrogen (secondary N) is 1. The second-order valence-corrected chi connectivity index (χ2v) is 5.60. The third-order valence-electron chi connectivity index (χ3n) is 4.41. The van der Waals surface area contributed by atoms with Gasteiger partial charge < -0.3 is 15.0 Å². The van der Waals surface area contributed by atoms with Crippen molar-refractivity contribution in [2.75, 3.05) is 26.3 Å². The van der Waals surface area contributed by atoms with Gasteiger partial charge in [-0.25, -0.2) is 4.79 Å². The lowest BCUT2D eigenvalue weighted by Crippen LogP contribution is -2.43. The molecule has 0 unspecified atom stereocenters. The van der Waals surface area contributed by atoms with Gasteiger partial charge >= 0.3 is 6.03 Å². The molecule has 2 saturated carbocycles. The fourth-order valence-electron chi connectivity index (χ4n) is 2.97. The van der Waals surface area contributed by atoms with Gasteiger partial charge in [-0.1, -0.05) is 19.3 Å². The Balaban J connectivity index is 1.43. The molecule has 1 saturated heterocycles. The fourth-order valence-corrected chi connectivity index (χ4v) is 2.97. The standard InChI is InChI=1S/C13H22N2O2/c16-13(15-5-2-7-17-8-6-15)14-12-9-11(12)10-3-1-4-10/h10-12H,1-9H2,(H,14,16)/t11-,12+/m0/s1. The summed E-state index contributed by atoms with van der Waals surface area (Å²) in [5.74, 6) is 1.70. The van der Waals surface area contributed by atoms with E-state index in [1.807, 2.05) is 4.90 Å². The lowest BCUT2D eigenvalue weighted by atomic mass is 9.81. The molecule has 2 amide bonds. The summed E-state index contributed by atoms with van der Waals surface area (Å²) in [4.78, 5) is 13.9. The first kappa shape index (κ1) is 11.3. The maximum Gasteiger partial charge on any atom is 0.317 e. The SMILES string of the molecule is O=C(N[C@@H]1C[C@H]1C1CCC1)N1CCCOCC1. The Morgan fingerprint density at radius 3 is 2.82 bits per heavy atom. The molecule has 0 aromatic rings. The van der Waals surface area contributed by atoms with Gasteiger partial charge in [-0.05, 0) is 24.7 Å². The summed E-state index contributed by atoms with van der Waals surface area (Å²) < 4.78 is 5.36. The van der Waals surface area contributed by atoms with Gasteiger partial charge in [0.05, 0.1) is 6.61 Å². The molecule has 2 atom stereocenters. The zero-order valence-corrected chi connectivity index (χ0v) is 10.4. The minimum absolute atomic E-state index is 0.127. The van der Waals surface area contributed by atoms with Crippen LogP contribution in [-0.4, -0.2) is 43.3 Å². The molecule has 4 heteroatoms. The van der Waals surface area contributed by atoms with Crippen LogP contribution in [0.5, 0.6) is 0 Å². The van der Waals surface area contributed by atoms with Crippen LogP contribution < -0.4 is 5.32 Å². The second kappa shape index (κ2) is 4.84. The number of amides is 2. The van der Waals surface area contributed by atoms with Crippen LogP contribution in [0.3, 0.4) is 0 Å². The molecule has 1 heterocycles. The van der Waals surface area contributed by atoms with Crippen molar-refractivity contribution in [2.24, 2.45) is 11.8 Å². The Morgan fingerprint density at radius 2 is 2.06 bits per heavy atom. The zero-order chi connectivity index (χ0) is 11.7. The summed E-state index contributed by atoms with van der Waals surface area (Å²) in [7, 11) is 0. The summed E-state index contributed by atoms with van der Waals surface area (Å²) in [6.07, 6.45) is 6.33. The van der Waals surface area contributed by atoms with E-state index >= 15 is 0 Å². The molecule has 0 bridgehead atoms. The molecular formula is C13H22N2O2. The first-order valence-corrected chi connectivity index (χ1v) is 6.98. The molecule has 0 aromatic heterocycles. The van der Waals surface area contributed by atoms with Gasteiger partial charge in [-0.3, -0.25) is 0 Å². The molecule has 96 valence electrons. The van der Waals surface area contributed by atoms with Crippen molar-refractivity contribution in [3.05, 3.63) is 0 Å². The molecule has 1 N–H and O–H groups in total. The lowest BCUT2D eigenvalue weighted by Gasteiger charge is -2.26. The Hall–Kier alpha value is -0.770. The minimum Gasteiger partial charge on any atom is -0.380 e. The van der Waals surface area contributed by atoms with Gasteiger partial charge in [-0.15, -0.1) is 0 Å². The molecule has 3 aliphatic rings. The number of rotatable bonds is 2. The number of ether oxygens (including phenoxy) is 1. The van der Waals surface area contributed by atoms with Crippen molar-refractivity contribution in [1.29, 1.82) is 0 Å². The summed E-state index contributed by atoms with van der Waals surface area (Å²) in [6, 6.07) is 0.597. The molecule has 0 spiro atoms.